The molecule has 1 heterocycles. The number of H-pyrrole nitrogens is 1. The molecule has 0 aromatic carbocycles. The zero-order valence-electron chi connectivity index (χ0n) is 4.96. The largest absolute Gasteiger partial charge is 0.506 e. The normalized spacial score (nSPS) is 9.89. The molecule has 0 fully saturated rings. The van der Waals surface area contributed by atoms with Crippen LogP contribution < -0.4 is 0 Å². The van der Waals surface area contributed by atoms with Crippen LogP contribution in [-0.2, 0) is 6.42 Å². The third-order valence-electron chi connectivity index (χ3n) is 1.17. The zero-order chi connectivity index (χ0) is 6.69. The van der Waals surface area contributed by atoms with Crippen molar-refractivity contribution in [2.45, 2.75) is 6.42 Å². The summed E-state index contributed by atoms with van der Waals surface area (Å²) < 4.78 is 0. The van der Waals surface area contributed by atoms with Crippen LogP contribution in [0.2, 0.25) is 0 Å². The number of hydrogen-bond acceptors (Lipinski definition) is 2. The van der Waals surface area contributed by atoms with Crippen molar-refractivity contribution in [2.75, 3.05) is 6.61 Å². The van der Waals surface area contributed by atoms with Crippen molar-refractivity contribution in [3.8, 4) is 5.75 Å². The molecule has 3 heteroatoms. The third-order valence-corrected chi connectivity index (χ3v) is 1.17. The monoisotopic (exact) mass is 127 g/mol. The highest BCUT2D eigenvalue weighted by Gasteiger charge is 1.97. The molecule has 0 radical (unpaired) electrons. The molecule has 0 atom stereocenters. The van der Waals surface area contributed by atoms with Crippen LogP contribution in [0.15, 0.2) is 12.3 Å². The van der Waals surface area contributed by atoms with Crippen molar-refractivity contribution in [3.05, 3.63) is 18.0 Å². The fourth-order valence-corrected chi connectivity index (χ4v) is 0.708. The number of nitrogens with one attached hydrogen (secondary N) is 1. The summed E-state index contributed by atoms with van der Waals surface area (Å²) in [4.78, 5) is 2.80. The molecule has 9 heavy (non-hydrogen) atoms. The quantitative estimate of drug-likeness (QED) is 0.533. The molecular formula is C6H9NO2. The van der Waals surface area contributed by atoms with Crippen LogP contribution in [-0.4, -0.2) is 21.8 Å². The maximum atomic E-state index is 8.94. The van der Waals surface area contributed by atoms with Crippen LogP contribution in [0.25, 0.3) is 0 Å². The Kier molecular flexibility index (Phi) is 1.75. The number of hydrogen-bond donors (Lipinski definition) is 3. The Balaban J connectivity index is 2.69. The van der Waals surface area contributed by atoms with E-state index < -0.39 is 0 Å². The van der Waals surface area contributed by atoms with Gasteiger partial charge in [0.2, 0.25) is 0 Å². The molecule has 1 aromatic heterocycles. The van der Waals surface area contributed by atoms with Gasteiger partial charge in [-0.2, -0.15) is 0 Å². The predicted octanol–water partition coefficient (Wildman–Crippen LogP) is 0.255. The van der Waals surface area contributed by atoms with Crippen LogP contribution >= 0.6 is 0 Å². The number of aliphatic hydroxyl groups excluding tert-OH is 1. The summed E-state index contributed by atoms with van der Waals surface area (Å²) in [5.74, 6) is 0.226. The van der Waals surface area contributed by atoms with Gasteiger partial charge in [0.1, 0.15) is 5.75 Å². The van der Waals surface area contributed by atoms with Crippen LogP contribution in [0.3, 0.4) is 0 Å². The average molecular weight is 127 g/mol. The molecule has 0 amide bonds. The maximum Gasteiger partial charge on any atom is 0.136 e. The van der Waals surface area contributed by atoms with E-state index >= 15 is 0 Å². The lowest BCUT2D eigenvalue weighted by molar-refractivity contribution is 0.296. The zero-order valence-corrected chi connectivity index (χ0v) is 4.96. The molecule has 0 unspecified atom stereocenters. The molecular weight excluding hydrogens is 118 g/mol. The van der Waals surface area contributed by atoms with E-state index in [1.165, 1.54) is 0 Å². The summed E-state index contributed by atoms with van der Waals surface area (Å²) in [6.45, 7) is 0.0636. The Morgan fingerprint density at radius 3 is 2.78 bits per heavy atom. The smallest absolute Gasteiger partial charge is 0.136 e. The third kappa shape index (κ3) is 1.23. The fraction of sp³-hybridized carbons (Fsp3) is 0.333. The minimum Gasteiger partial charge on any atom is -0.506 e. The van der Waals surface area contributed by atoms with Crippen LogP contribution in [0.1, 0.15) is 5.69 Å². The van der Waals surface area contributed by atoms with E-state index in [-0.39, 0.29) is 12.4 Å². The highest BCUT2D eigenvalue weighted by Crippen LogP contribution is 2.13. The van der Waals surface area contributed by atoms with E-state index in [2.05, 4.69) is 4.98 Å². The summed E-state index contributed by atoms with van der Waals surface area (Å²) in [5.41, 5.74) is 0.692. The Morgan fingerprint density at radius 1 is 1.56 bits per heavy atom. The van der Waals surface area contributed by atoms with Crippen LogP contribution in [0.4, 0.5) is 0 Å². The molecule has 0 aliphatic carbocycles. The summed E-state index contributed by atoms with van der Waals surface area (Å²) >= 11 is 0. The minimum atomic E-state index is 0.0636. The first-order valence-corrected chi connectivity index (χ1v) is 2.80. The molecule has 0 spiro atoms. The summed E-state index contributed by atoms with van der Waals surface area (Å²) in [5, 5.41) is 17.4. The lowest BCUT2D eigenvalue weighted by atomic mass is 10.3. The molecule has 3 nitrogen and oxygen atoms in total. The van der Waals surface area contributed by atoms with Gasteiger partial charge in [0.15, 0.2) is 0 Å². The van der Waals surface area contributed by atoms with Gasteiger partial charge in [0.05, 0.1) is 5.69 Å². The first-order valence-electron chi connectivity index (χ1n) is 2.80. The number of aromatic nitrogens is 1. The molecule has 1 aromatic rings. The lowest BCUT2D eigenvalue weighted by Crippen LogP contribution is -1.89. The second-order valence-corrected chi connectivity index (χ2v) is 1.82. The van der Waals surface area contributed by atoms with Crippen molar-refractivity contribution >= 4 is 0 Å². The first kappa shape index (κ1) is 6.16. The SMILES string of the molecule is OCCc1[nH]ccc1O. The van der Waals surface area contributed by atoms with Crippen LogP contribution in [0, 0.1) is 0 Å². The van der Waals surface area contributed by atoms with E-state index in [1.807, 2.05) is 0 Å². The van der Waals surface area contributed by atoms with Crippen molar-refractivity contribution in [1.29, 1.82) is 0 Å². The van der Waals surface area contributed by atoms with E-state index in [9.17, 15) is 0 Å². The van der Waals surface area contributed by atoms with Crippen molar-refractivity contribution < 1.29 is 10.2 Å². The highest BCUT2D eigenvalue weighted by molar-refractivity contribution is 5.25. The number of aromatic hydroxyl groups is 1. The van der Waals surface area contributed by atoms with E-state index in [1.54, 1.807) is 12.3 Å². The molecule has 0 aliphatic heterocycles. The summed E-state index contributed by atoms with van der Waals surface area (Å²) in [7, 11) is 0. The van der Waals surface area contributed by atoms with Crippen molar-refractivity contribution in [3.63, 3.8) is 0 Å². The second kappa shape index (κ2) is 2.55. The van der Waals surface area contributed by atoms with Gasteiger partial charge in [-0.3, -0.25) is 0 Å². The highest BCUT2D eigenvalue weighted by atomic mass is 16.3. The second-order valence-electron chi connectivity index (χ2n) is 1.82. The van der Waals surface area contributed by atoms with E-state index in [4.69, 9.17) is 10.2 Å². The molecule has 0 saturated heterocycles. The van der Waals surface area contributed by atoms with Gasteiger partial charge in [0, 0.05) is 19.2 Å². The molecule has 3 N–H and O–H groups in total. The van der Waals surface area contributed by atoms with Gasteiger partial charge in [-0.1, -0.05) is 0 Å². The number of rotatable bonds is 2. The van der Waals surface area contributed by atoms with Crippen molar-refractivity contribution in [2.24, 2.45) is 0 Å². The first-order chi connectivity index (χ1) is 4.34. The molecule has 0 bridgehead atoms. The van der Waals surface area contributed by atoms with E-state index in [0.29, 0.717) is 12.1 Å². The van der Waals surface area contributed by atoms with Gasteiger partial charge in [-0.25, -0.2) is 0 Å². The van der Waals surface area contributed by atoms with E-state index in [0.717, 1.165) is 0 Å². The lowest BCUT2D eigenvalue weighted by Gasteiger charge is -1.92. The van der Waals surface area contributed by atoms with Gasteiger partial charge in [-0.05, 0) is 6.07 Å². The predicted molar refractivity (Wildman–Crippen MR) is 33.2 cm³/mol. The molecule has 0 saturated carbocycles. The van der Waals surface area contributed by atoms with Gasteiger partial charge >= 0.3 is 0 Å². The summed E-state index contributed by atoms with van der Waals surface area (Å²) in [6, 6.07) is 1.56. The number of aliphatic hydroxyl groups is 1. The maximum absolute atomic E-state index is 8.94. The Morgan fingerprint density at radius 2 is 2.33 bits per heavy atom. The molecule has 50 valence electrons. The van der Waals surface area contributed by atoms with Gasteiger partial charge in [-0.15, -0.1) is 0 Å². The standard InChI is InChI=1S/C6H9NO2/c8-4-2-5-6(9)1-3-7-5/h1,3,7-9H,2,4H2. The Bertz CT molecular complexity index is 183. The Labute approximate surface area is 53.0 Å². The van der Waals surface area contributed by atoms with Crippen molar-refractivity contribution in [1.82, 2.24) is 4.98 Å². The Hall–Kier alpha value is -0.960. The van der Waals surface area contributed by atoms with Crippen LogP contribution in [0.5, 0.6) is 5.75 Å². The summed E-state index contributed by atoms with van der Waals surface area (Å²) in [6.07, 6.45) is 2.12. The topological polar surface area (TPSA) is 56.2 Å². The van der Waals surface area contributed by atoms with Gasteiger partial charge < -0.3 is 15.2 Å². The minimum absolute atomic E-state index is 0.0636. The van der Waals surface area contributed by atoms with Gasteiger partial charge in [0.25, 0.3) is 0 Å². The molecule has 0 aliphatic rings. The average Bonchev–Trinajstić information content (AvgIpc) is 2.18. The number of aromatic amines is 1. The fourth-order valence-electron chi connectivity index (χ4n) is 0.708. The molecule has 1 rings (SSSR count).